The van der Waals surface area contributed by atoms with Crippen LogP contribution >= 0.6 is 0 Å². The zero-order valence-electron chi connectivity index (χ0n) is 13.6. The first-order chi connectivity index (χ1) is 12.1. The van der Waals surface area contributed by atoms with Gasteiger partial charge in [-0.05, 0) is 36.6 Å². The van der Waals surface area contributed by atoms with Crippen LogP contribution in [0, 0.1) is 0 Å². The molecule has 0 fully saturated rings. The second-order valence-corrected chi connectivity index (χ2v) is 6.00. The Hall–Kier alpha value is -3.28. The maximum atomic E-state index is 12.6. The summed E-state index contributed by atoms with van der Waals surface area (Å²) in [6.45, 7) is 2.02. The molecule has 0 spiro atoms. The third-order valence-electron chi connectivity index (χ3n) is 4.21. The molecule has 6 nitrogen and oxygen atoms in total. The molecular formula is C19H17N3O3. The Morgan fingerprint density at radius 1 is 1.20 bits per heavy atom. The molecule has 0 radical (unpaired) electrons. The van der Waals surface area contributed by atoms with Crippen LogP contribution in [0.3, 0.4) is 0 Å². The molecule has 3 N–H and O–H groups in total. The lowest BCUT2D eigenvalue weighted by atomic mass is 10.1. The number of rotatable bonds is 3. The minimum absolute atomic E-state index is 0.219. The molecule has 1 aliphatic rings. The first-order valence-corrected chi connectivity index (χ1v) is 8.07. The van der Waals surface area contributed by atoms with Gasteiger partial charge in [0.2, 0.25) is 0 Å². The van der Waals surface area contributed by atoms with Crippen molar-refractivity contribution in [3.05, 3.63) is 59.8 Å². The van der Waals surface area contributed by atoms with Crippen molar-refractivity contribution in [1.29, 1.82) is 0 Å². The molecule has 0 bridgehead atoms. The van der Waals surface area contributed by atoms with E-state index in [-0.39, 0.29) is 11.8 Å². The van der Waals surface area contributed by atoms with Gasteiger partial charge >= 0.3 is 0 Å². The number of nitrogens with one attached hydrogen (secondary N) is 3. The van der Waals surface area contributed by atoms with Crippen molar-refractivity contribution in [2.45, 2.75) is 19.6 Å². The summed E-state index contributed by atoms with van der Waals surface area (Å²) in [6.07, 6.45) is -0.629. The van der Waals surface area contributed by atoms with E-state index in [1.54, 1.807) is 25.1 Å². The first-order valence-electron chi connectivity index (χ1n) is 8.07. The summed E-state index contributed by atoms with van der Waals surface area (Å²) < 4.78 is 5.62. The summed E-state index contributed by atoms with van der Waals surface area (Å²) in [6, 6.07) is 15.1. The van der Waals surface area contributed by atoms with Crippen molar-refractivity contribution in [2.24, 2.45) is 0 Å². The van der Waals surface area contributed by atoms with Gasteiger partial charge in [0.15, 0.2) is 11.9 Å². The Balaban J connectivity index is 1.53. The zero-order valence-corrected chi connectivity index (χ0v) is 13.6. The fourth-order valence-corrected chi connectivity index (χ4v) is 2.91. The van der Waals surface area contributed by atoms with Gasteiger partial charge in [0.25, 0.3) is 11.8 Å². The predicted molar refractivity (Wildman–Crippen MR) is 94.6 cm³/mol. The summed E-state index contributed by atoms with van der Waals surface area (Å²) >= 11 is 0. The highest BCUT2D eigenvalue weighted by molar-refractivity contribution is 6.04. The van der Waals surface area contributed by atoms with Crippen LogP contribution in [-0.4, -0.2) is 22.9 Å². The van der Waals surface area contributed by atoms with Crippen LogP contribution in [0.15, 0.2) is 48.5 Å². The Kier molecular flexibility index (Phi) is 3.65. The maximum absolute atomic E-state index is 12.6. The minimum atomic E-state index is -0.629. The lowest BCUT2D eigenvalue weighted by Gasteiger charge is -2.25. The number of amides is 2. The molecule has 2 amide bonds. The second-order valence-electron chi connectivity index (χ2n) is 6.00. The third-order valence-corrected chi connectivity index (χ3v) is 4.21. The monoisotopic (exact) mass is 335 g/mol. The largest absolute Gasteiger partial charge is 0.478 e. The van der Waals surface area contributed by atoms with E-state index in [2.05, 4.69) is 15.6 Å². The van der Waals surface area contributed by atoms with Gasteiger partial charge in [-0.15, -0.1) is 0 Å². The van der Waals surface area contributed by atoms with Crippen LogP contribution in [0.4, 0.5) is 5.69 Å². The molecule has 4 rings (SSSR count). The molecule has 3 aromatic rings. The topological polar surface area (TPSA) is 83.2 Å². The fraction of sp³-hybridized carbons (Fsp3) is 0.158. The van der Waals surface area contributed by atoms with Crippen molar-refractivity contribution >= 4 is 28.4 Å². The van der Waals surface area contributed by atoms with Gasteiger partial charge in [-0.25, -0.2) is 0 Å². The van der Waals surface area contributed by atoms with Gasteiger partial charge in [-0.1, -0.05) is 24.3 Å². The number of aromatic nitrogens is 1. The predicted octanol–water partition coefficient (Wildman–Crippen LogP) is 2.82. The number of carbonyl (C=O) groups is 2. The van der Waals surface area contributed by atoms with Gasteiger partial charge in [0, 0.05) is 11.2 Å². The number of aromatic amines is 1. The van der Waals surface area contributed by atoms with Gasteiger partial charge in [0.05, 0.1) is 17.8 Å². The van der Waals surface area contributed by atoms with Crippen molar-refractivity contribution in [3.8, 4) is 5.75 Å². The maximum Gasteiger partial charge on any atom is 0.265 e. The highest BCUT2D eigenvalue weighted by Crippen LogP contribution is 2.33. The molecule has 6 heteroatoms. The first kappa shape index (κ1) is 15.3. The van der Waals surface area contributed by atoms with E-state index in [0.717, 1.165) is 16.6 Å². The molecule has 0 saturated carbocycles. The zero-order chi connectivity index (χ0) is 17.4. The molecule has 1 atom stereocenters. The fourth-order valence-electron chi connectivity index (χ4n) is 2.91. The number of benzene rings is 2. The molecule has 2 heterocycles. The van der Waals surface area contributed by atoms with Crippen molar-refractivity contribution < 1.29 is 14.3 Å². The number of H-pyrrole nitrogens is 1. The highest BCUT2D eigenvalue weighted by atomic mass is 16.5. The number of ether oxygens (including phenoxy) is 1. The summed E-state index contributed by atoms with van der Waals surface area (Å²) in [7, 11) is 0. The summed E-state index contributed by atoms with van der Waals surface area (Å²) in [5, 5.41) is 6.74. The number of carbonyl (C=O) groups excluding carboxylic acids is 2. The number of hydrogen-bond donors (Lipinski definition) is 3. The van der Waals surface area contributed by atoms with Crippen molar-refractivity contribution in [2.75, 3.05) is 5.32 Å². The Bertz CT molecular complexity index is 944. The minimum Gasteiger partial charge on any atom is -0.478 e. The van der Waals surface area contributed by atoms with Gasteiger partial charge in [0.1, 0.15) is 0 Å². The van der Waals surface area contributed by atoms with E-state index < -0.39 is 6.10 Å². The summed E-state index contributed by atoms with van der Waals surface area (Å²) in [4.78, 5) is 27.5. The molecule has 1 aromatic heterocycles. The lowest BCUT2D eigenvalue weighted by Crippen LogP contribution is -2.35. The molecule has 2 aromatic carbocycles. The van der Waals surface area contributed by atoms with Crippen LogP contribution in [0.2, 0.25) is 0 Å². The van der Waals surface area contributed by atoms with Gasteiger partial charge in [-0.3, -0.25) is 9.59 Å². The van der Waals surface area contributed by atoms with E-state index in [1.165, 1.54) is 0 Å². The number of hydrogen-bond acceptors (Lipinski definition) is 3. The molecule has 25 heavy (non-hydrogen) atoms. The molecular weight excluding hydrogens is 318 g/mol. The smallest absolute Gasteiger partial charge is 0.265 e. The van der Waals surface area contributed by atoms with E-state index >= 15 is 0 Å². The van der Waals surface area contributed by atoms with E-state index in [9.17, 15) is 9.59 Å². The van der Waals surface area contributed by atoms with Crippen molar-refractivity contribution in [3.63, 3.8) is 0 Å². The van der Waals surface area contributed by atoms with Crippen LogP contribution in [-0.2, 0) is 11.3 Å². The summed E-state index contributed by atoms with van der Waals surface area (Å²) in [5.74, 6) is -0.0641. The number of para-hydroxylation sites is 2. The van der Waals surface area contributed by atoms with E-state index in [4.69, 9.17) is 4.74 Å². The SMILES string of the molecule is C[C@H]1Oc2c(cccc2C(=O)NCc2cc3ccccc3[nH]2)NC1=O. The average Bonchev–Trinajstić information content (AvgIpc) is 3.03. The molecule has 0 aliphatic carbocycles. The Morgan fingerprint density at radius 3 is 2.88 bits per heavy atom. The van der Waals surface area contributed by atoms with Crippen LogP contribution < -0.4 is 15.4 Å². The van der Waals surface area contributed by atoms with Gasteiger partial charge in [-0.2, -0.15) is 0 Å². The third kappa shape index (κ3) is 2.82. The number of fused-ring (bicyclic) bond motifs is 2. The van der Waals surface area contributed by atoms with E-state index in [0.29, 0.717) is 23.5 Å². The van der Waals surface area contributed by atoms with Gasteiger partial charge < -0.3 is 20.4 Å². The molecule has 0 saturated heterocycles. The van der Waals surface area contributed by atoms with Crippen molar-refractivity contribution in [1.82, 2.24) is 10.3 Å². The van der Waals surface area contributed by atoms with Crippen LogP contribution in [0.5, 0.6) is 5.75 Å². The Labute approximate surface area is 144 Å². The molecule has 0 unspecified atom stereocenters. The normalized spacial score (nSPS) is 16.0. The Morgan fingerprint density at radius 2 is 2.04 bits per heavy atom. The molecule has 1 aliphatic heterocycles. The lowest BCUT2D eigenvalue weighted by molar-refractivity contribution is -0.122. The van der Waals surface area contributed by atoms with Crippen LogP contribution in [0.25, 0.3) is 10.9 Å². The standard InChI is InChI=1S/C19H17N3O3/c1-11-18(23)22-16-8-4-6-14(17(16)25-11)19(24)20-10-13-9-12-5-2-3-7-15(12)21-13/h2-9,11,21H,10H2,1H3,(H,20,24)(H,22,23)/t11-/m1/s1. The average molecular weight is 335 g/mol. The van der Waals surface area contributed by atoms with E-state index in [1.807, 2.05) is 30.3 Å². The highest BCUT2D eigenvalue weighted by Gasteiger charge is 2.27. The van der Waals surface area contributed by atoms with Crippen LogP contribution in [0.1, 0.15) is 23.0 Å². The number of anilines is 1. The second kappa shape index (κ2) is 5.98. The quantitative estimate of drug-likeness (QED) is 0.688. The molecule has 126 valence electrons. The summed E-state index contributed by atoms with van der Waals surface area (Å²) in [5.41, 5.74) is 2.87.